The van der Waals surface area contributed by atoms with Gasteiger partial charge in [-0.1, -0.05) is 0 Å². The van der Waals surface area contributed by atoms with Crippen molar-refractivity contribution in [2.75, 3.05) is 0 Å². The van der Waals surface area contributed by atoms with Crippen LogP contribution in [0.15, 0.2) is 12.1 Å². The van der Waals surface area contributed by atoms with Crippen molar-refractivity contribution >= 4 is 0 Å². The van der Waals surface area contributed by atoms with Crippen molar-refractivity contribution in [2.24, 2.45) is 0 Å². The van der Waals surface area contributed by atoms with Gasteiger partial charge in [-0.25, -0.2) is 0 Å². The summed E-state index contributed by atoms with van der Waals surface area (Å²) in [6.07, 6.45) is -4.73. The Morgan fingerprint density at radius 2 is 1.64 bits per heavy atom. The first-order chi connectivity index (χ1) is 6.36. The number of benzene rings is 1. The molecule has 0 aliphatic heterocycles. The molecule has 0 aliphatic carbocycles. The zero-order valence-electron chi connectivity index (χ0n) is 6.63. The lowest BCUT2D eigenvalue weighted by molar-refractivity contribution is -0.137. The van der Waals surface area contributed by atoms with Gasteiger partial charge in [0.25, 0.3) is 0 Å². The third-order valence-corrected chi connectivity index (χ3v) is 1.54. The predicted molar refractivity (Wildman–Crippen MR) is 39.5 cm³/mol. The summed E-state index contributed by atoms with van der Waals surface area (Å²) in [7, 11) is 0. The summed E-state index contributed by atoms with van der Waals surface area (Å²) in [5.41, 5.74) is -2.00. The van der Waals surface area contributed by atoms with Gasteiger partial charge in [-0.3, -0.25) is 0 Å². The molecule has 6 heteroatoms. The van der Waals surface area contributed by atoms with Crippen LogP contribution in [0.4, 0.5) is 13.2 Å². The molecular weight excluding hydrogens is 199 g/mol. The van der Waals surface area contributed by atoms with E-state index in [2.05, 4.69) is 0 Å². The molecular formula is C8H4F3NO2. The second kappa shape index (κ2) is 3.10. The van der Waals surface area contributed by atoms with Crippen molar-refractivity contribution < 1.29 is 23.4 Å². The minimum Gasteiger partial charge on any atom is -0.504 e. The number of aromatic hydroxyl groups is 2. The summed E-state index contributed by atoms with van der Waals surface area (Å²) in [5.74, 6) is -1.66. The molecule has 1 aromatic carbocycles. The molecule has 0 bridgehead atoms. The summed E-state index contributed by atoms with van der Waals surface area (Å²) in [6, 6.07) is 2.16. The quantitative estimate of drug-likeness (QED) is 0.633. The highest BCUT2D eigenvalue weighted by molar-refractivity contribution is 5.51. The van der Waals surface area contributed by atoms with Gasteiger partial charge in [0, 0.05) is 6.07 Å². The van der Waals surface area contributed by atoms with Gasteiger partial charge in [0.05, 0.1) is 17.2 Å². The fraction of sp³-hybridized carbons (Fsp3) is 0.125. The second-order valence-corrected chi connectivity index (χ2v) is 2.50. The summed E-state index contributed by atoms with van der Waals surface area (Å²) in [5, 5.41) is 26.0. The molecule has 0 aromatic heterocycles. The lowest BCUT2D eigenvalue weighted by Crippen LogP contribution is -2.07. The minimum absolute atomic E-state index is 0.313. The van der Waals surface area contributed by atoms with Crippen LogP contribution < -0.4 is 0 Å². The fourth-order valence-corrected chi connectivity index (χ4v) is 0.904. The molecule has 3 nitrogen and oxygen atoms in total. The number of halogens is 3. The van der Waals surface area contributed by atoms with Gasteiger partial charge in [-0.05, 0) is 6.07 Å². The molecule has 74 valence electrons. The zero-order valence-corrected chi connectivity index (χ0v) is 6.63. The Kier molecular flexibility index (Phi) is 2.26. The predicted octanol–water partition coefficient (Wildman–Crippen LogP) is 1.99. The molecule has 1 aromatic rings. The molecule has 0 spiro atoms. The van der Waals surface area contributed by atoms with Crippen molar-refractivity contribution in [1.29, 1.82) is 5.26 Å². The monoisotopic (exact) mass is 203 g/mol. The lowest BCUT2D eigenvalue weighted by atomic mass is 10.1. The van der Waals surface area contributed by atoms with Crippen LogP contribution in [0.5, 0.6) is 11.5 Å². The van der Waals surface area contributed by atoms with Gasteiger partial charge in [0.1, 0.15) is 0 Å². The maximum atomic E-state index is 12.2. The van der Waals surface area contributed by atoms with Crippen molar-refractivity contribution in [1.82, 2.24) is 0 Å². The zero-order chi connectivity index (χ0) is 10.9. The van der Waals surface area contributed by atoms with E-state index < -0.39 is 28.8 Å². The number of phenolic OH excluding ortho intramolecular Hbond substituents is 2. The average molecular weight is 203 g/mol. The van der Waals surface area contributed by atoms with Gasteiger partial charge < -0.3 is 10.2 Å². The van der Waals surface area contributed by atoms with Crippen LogP contribution in [-0.2, 0) is 6.18 Å². The summed E-state index contributed by atoms with van der Waals surface area (Å²) in [6.45, 7) is 0. The third kappa shape index (κ3) is 1.71. The smallest absolute Gasteiger partial charge is 0.417 e. The largest absolute Gasteiger partial charge is 0.504 e. The van der Waals surface area contributed by atoms with Gasteiger partial charge in [-0.2, -0.15) is 18.4 Å². The molecule has 0 unspecified atom stereocenters. The van der Waals surface area contributed by atoms with Crippen LogP contribution in [0.3, 0.4) is 0 Å². The Bertz CT molecular complexity index is 406. The SMILES string of the molecule is N#Cc1cc(O)c(O)cc1C(F)(F)F. The Morgan fingerprint density at radius 1 is 1.14 bits per heavy atom. The van der Waals surface area contributed by atoms with E-state index in [1.54, 1.807) is 0 Å². The number of nitriles is 1. The highest BCUT2D eigenvalue weighted by Crippen LogP contribution is 2.37. The Balaban J connectivity index is 3.45. The van der Waals surface area contributed by atoms with Crippen LogP contribution in [-0.4, -0.2) is 10.2 Å². The molecule has 0 saturated heterocycles. The Hall–Kier alpha value is -1.90. The van der Waals surface area contributed by atoms with Crippen molar-refractivity contribution in [3.8, 4) is 17.6 Å². The third-order valence-electron chi connectivity index (χ3n) is 1.54. The molecule has 1 rings (SSSR count). The van der Waals surface area contributed by atoms with Crippen LogP contribution in [0, 0.1) is 11.3 Å². The molecule has 0 fully saturated rings. The van der Waals surface area contributed by atoms with Gasteiger partial charge in [-0.15, -0.1) is 0 Å². The average Bonchev–Trinajstić information content (AvgIpc) is 2.07. The lowest BCUT2D eigenvalue weighted by Gasteiger charge is -2.09. The van der Waals surface area contributed by atoms with Crippen molar-refractivity contribution in [3.63, 3.8) is 0 Å². The summed E-state index contributed by atoms with van der Waals surface area (Å²) >= 11 is 0. The number of nitrogens with zero attached hydrogens (tertiary/aromatic N) is 1. The van der Waals surface area contributed by atoms with Gasteiger partial charge in [0.2, 0.25) is 0 Å². The Morgan fingerprint density at radius 3 is 2.07 bits per heavy atom. The van der Waals surface area contributed by atoms with Crippen molar-refractivity contribution in [3.05, 3.63) is 23.3 Å². The molecule has 0 heterocycles. The van der Waals surface area contributed by atoms with Crippen LogP contribution in [0.2, 0.25) is 0 Å². The molecule has 0 radical (unpaired) electrons. The van der Waals surface area contributed by atoms with E-state index in [0.717, 1.165) is 0 Å². The summed E-state index contributed by atoms with van der Waals surface area (Å²) in [4.78, 5) is 0. The number of rotatable bonds is 0. The standard InChI is InChI=1S/C8H4F3NO2/c9-8(10,11)5-2-7(14)6(13)1-4(5)3-12/h1-2,13-14H. The normalized spacial score (nSPS) is 11.0. The van der Waals surface area contributed by atoms with Crippen LogP contribution in [0.1, 0.15) is 11.1 Å². The first-order valence-corrected chi connectivity index (χ1v) is 3.39. The molecule has 2 N–H and O–H groups in total. The fourth-order valence-electron chi connectivity index (χ4n) is 0.904. The van der Waals surface area contributed by atoms with E-state index in [1.807, 2.05) is 0 Å². The van der Waals surface area contributed by atoms with E-state index in [1.165, 1.54) is 6.07 Å². The highest BCUT2D eigenvalue weighted by atomic mass is 19.4. The number of alkyl halides is 3. The topological polar surface area (TPSA) is 64.2 Å². The minimum atomic E-state index is -4.73. The van der Waals surface area contributed by atoms with Crippen molar-refractivity contribution in [2.45, 2.75) is 6.18 Å². The molecule has 0 aliphatic rings. The first kappa shape index (κ1) is 10.2. The van der Waals surface area contributed by atoms with E-state index in [0.29, 0.717) is 12.1 Å². The number of hydrogen-bond donors (Lipinski definition) is 2. The van der Waals surface area contributed by atoms with E-state index in [-0.39, 0.29) is 0 Å². The highest BCUT2D eigenvalue weighted by Gasteiger charge is 2.34. The molecule has 0 saturated carbocycles. The van der Waals surface area contributed by atoms with E-state index in [9.17, 15) is 13.2 Å². The van der Waals surface area contributed by atoms with Crippen LogP contribution in [0.25, 0.3) is 0 Å². The van der Waals surface area contributed by atoms with Gasteiger partial charge >= 0.3 is 6.18 Å². The molecule has 14 heavy (non-hydrogen) atoms. The molecule has 0 atom stereocenters. The first-order valence-electron chi connectivity index (χ1n) is 3.39. The summed E-state index contributed by atoms with van der Waals surface area (Å²) < 4.78 is 36.6. The second-order valence-electron chi connectivity index (χ2n) is 2.50. The number of phenols is 2. The maximum Gasteiger partial charge on any atom is 0.417 e. The molecule has 0 amide bonds. The van der Waals surface area contributed by atoms with Crippen LogP contribution >= 0.6 is 0 Å². The Labute approximate surface area is 76.6 Å². The van der Waals surface area contributed by atoms with E-state index >= 15 is 0 Å². The number of hydrogen-bond acceptors (Lipinski definition) is 3. The van der Waals surface area contributed by atoms with E-state index in [4.69, 9.17) is 15.5 Å². The van der Waals surface area contributed by atoms with Gasteiger partial charge in [0.15, 0.2) is 11.5 Å². The maximum absolute atomic E-state index is 12.2.